The zero-order valence-corrected chi connectivity index (χ0v) is 21.4. The maximum Gasteiger partial charge on any atom is 0.0462 e. The third-order valence-electron chi connectivity index (χ3n) is 7.53. The van der Waals surface area contributed by atoms with Crippen molar-refractivity contribution in [1.82, 2.24) is 0 Å². The first-order valence-corrected chi connectivity index (χ1v) is 13.1. The number of benzene rings is 7. The molecule has 3 nitrogen and oxygen atoms in total. The van der Waals surface area contributed by atoms with E-state index in [1.54, 1.807) is 0 Å². The van der Waals surface area contributed by atoms with E-state index in [1.165, 1.54) is 0 Å². The predicted molar refractivity (Wildman–Crippen MR) is 168 cm³/mol. The molecule has 0 saturated carbocycles. The Bertz CT molecular complexity index is 1920. The molecule has 0 spiro atoms. The fourth-order valence-corrected chi connectivity index (χ4v) is 5.75. The summed E-state index contributed by atoms with van der Waals surface area (Å²) in [5, 5.41) is 6.58. The fraction of sp³-hybridized carbons (Fsp3) is 0. The molecular weight excluding hydrogens is 474 g/mol. The number of hydrogen-bond donors (Lipinski definition) is 2. The summed E-state index contributed by atoms with van der Waals surface area (Å²) in [6.07, 6.45) is 0. The van der Waals surface area contributed by atoms with Gasteiger partial charge in [0.1, 0.15) is 0 Å². The molecule has 0 amide bonds. The van der Waals surface area contributed by atoms with Crippen LogP contribution < -0.4 is 16.4 Å². The van der Waals surface area contributed by atoms with Crippen molar-refractivity contribution in [2.75, 3.05) is 16.4 Å². The molecule has 0 bridgehead atoms. The minimum atomic E-state index is 0.766. The summed E-state index contributed by atoms with van der Waals surface area (Å²) in [5.74, 6) is 0. The lowest BCUT2D eigenvalue weighted by atomic mass is 9.91. The van der Waals surface area contributed by atoms with Gasteiger partial charge in [0.25, 0.3) is 0 Å². The SMILES string of the molecule is Nc1cc2c3cccc(-c4ccc(N(c5ccccc5)c5ccccc5)cc4)c3c(N)cc2c2ccccc12. The van der Waals surface area contributed by atoms with Gasteiger partial charge in [-0.1, -0.05) is 91.0 Å². The van der Waals surface area contributed by atoms with Gasteiger partial charge < -0.3 is 16.4 Å². The van der Waals surface area contributed by atoms with Crippen molar-refractivity contribution >= 4 is 60.8 Å². The van der Waals surface area contributed by atoms with Crippen molar-refractivity contribution in [3.63, 3.8) is 0 Å². The van der Waals surface area contributed by atoms with Crippen molar-refractivity contribution in [1.29, 1.82) is 0 Å². The van der Waals surface area contributed by atoms with Crippen LogP contribution in [0.3, 0.4) is 0 Å². The van der Waals surface area contributed by atoms with Crippen LogP contribution in [0.15, 0.2) is 140 Å². The van der Waals surface area contributed by atoms with E-state index in [0.717, 1.165) is 71.9 Å². The first kappa shape index (κ1) is 22.9. The highest BCUT2D eigenvalue weighted by atomic mass is 15.1. The van der Waals surface area contributed by atoms with Crippen molar-refractivity contribution in [2.24, 2.45) is 0 Å². The van der Waals surface area contributed by atoms with Gasteiger partial charge in [-0.3, -0.25) is 0 Å². The standard InChI is InChI=1S/C36H27N3/c37-34-22-33-31-17-9-16-28(36(31)35(38)23-32(33)29-14-7-8-15-30(29)34)24-18-20-27(21-19-24)39(25-10-3-1-4-11-25)26-12-5-2-6-13-26/h1-23H,37-38H2. The topological polar surface area (TPSA) is 55.3 Å². The Morgan fingerprint density at radius 2 is 0.897 bits per heavy atom. The first-order valence-electron chi connectivity index (χ1n) is 13.1. The molecule has 0 fully saturated rings. The Morgan fingerprint density at radius 1 is 0.385 bits per heavy atom. The number of rotatable bonds is 4. The zero-order chi connectivity index (χ0) is 26.3. The van der Waals surface area contributed by atoms with E-state index in [4.69, 9.17) is 11.5 Å². The van der Waals surface area contributed by atoms with Crippen LogP contribution in [0, 0.1) is 0 Å². The molecule has 0 saturated heterocycles. The second-order valence-corrected chi connectivity index (χ2v) is 9.85. The number of hydrogen-bond acceptors (Lipinski definition) is 3. The van der Waals surface area contributed by atoms with Gasteiger partial charge in [-0.15, -0.1) is 0 Å². The Balaban J connectivity index is 1.39. The Hall–Kier alpha value is -5.28. The molecule has 0 heterocycles. The molecule has 0 atom stereocenters. The molecule has 0 aliphatic rings. The molecule has 3 heteroatoms. The van der Waals surface area contributed by atoms with E-state index in [-0.39, 0.29) is 0 Å². The predicted octanol–water partition coefficient (Wildman–Crippen LogP) is 9.45. The Morgan fingerprint density at radius 3 is 1.56 bits per heavy atom. The van der Waals surface area contributed by atoms with Gasteiger partial charge in [-0.25, -0.2) is 0 Å². The largest absolute Gasteiger partial charge is 0.398 e. The van der Waals surface area contributed by atoms with Gasteiger partial charge in [-0.2, -0.15) is 0 Å². The maximum absolute atomic E-state index is 6.78. The number of nitrogens with two attached hydrogens (primary N) is 2. The third-order valence-corrected chi connectivity index (χ3v) is 7.53. The van der Waals surface area contributed by atoms with Gasteiger partial charge >= 0.3 is 0 Å². The number of nitrogens with zero attached hydrogens (tertiary/aromatic N) is 1. The number of nitrogen functional groups attached to an aromatic ring is 2. The van der Waals surface area contributed by atoms with E-state index in [2.05, 4.69) is 120 Å². The van der Waals surface area contributed by atoms with E-state index in [0.29, 0.717) is 0 Å². The molecule has 7 aromatic carbocycles. The smallest absolute Gasteiger partial charge is 0.0462 e. The van der Waals surface area contributed by atoms with Crippen LogP contribution in [0.4, 0.5) is 28.4 Å². The average molecular weight is 502 g/mol. The van der Waals surface area contributed by atoms with Gasteiger partial charge in [0.2, 0.25) is 0 Å². The molecule has 0 aliphatic carbocycles. The van der Waals surface area contributed by atoms with E-state index < -0.39 is 0 Å². The molecule has 0 unspecified atom stereocenters. The minimum absolute atomic E-state index is 0.766. The van der Waals surface area contributed by atoms with Gasteiger partial charge in [0.15, 0.2) is 0 Å². The molecule has 4 N–H and O–H groups in total. The van der Waals surface area contributed by atoms with Crippen LogP contribution in [0.2, 0.25) is 0 Å². The molecule has 0 radical (unpaired) electrons. The highest BCUT2D eigenvalue weighted by Gasteiger charge is 2.15. The van der Waals surface area contributed by atoms with Crippen LogP contribution in [-0.4, -0.2) is 0 Å². The normalized spacial score (nSPS) is 11.3. The summed E-state index contributed by atoms with van der Waals surface area (Å²) in [4.78, 5) is 2.27. The summed E-state index contributed by atoms with van der Waals surface area (Å²) in [7, 11) is 0. The number of fused-ring (bicyclic) bond motifs is 5. The molecule has 7 aromatic rings. The van der Waals surface area contributed by atoms with Crippen molar-refractivity contribution in [2.45, 2.75) is 0 Å². The second-order valence-electron chi connectivity index (χ2n) is 9.85. The van der Waals surface area contributed by atoms with Crippen LogP contribution in [0.25, 0.3) is 43.4 Å². The van der Waals surface area contributed by atoms with Crippen molar-refractivity contribution in [3.8, 4) is 11.1 Å². The van der Waals surface area contributed by atoms with E-state index in [9.17, 15) is 0 Å². The van der Waals surface area contributed by atoms with Gasteiger partial charge in [0.05, 0.1) is 0 Å². The number of para-hydroxylation sites is 2. The quantitative estimate of drug-likeness (QED) is 0.186. The summed E-state index contributed by atoms with van der Waals surface area (Å²) in [6.45, 7) is 0. The van der Waals surface area contributed by atoms with Crippen LogP contribution in [0.5, 0.6) is 0 Å². The van der Waals surface area contributed by atoms with Crippen LogP contribution in [-0.2, 0) is 0 Å². The minimum Gasteiger partial charge on any atom is -0.398 e. The summed E-state index contributed by atoms with van der Waals surface area (Å²) in [5.41, 5.74) is 20.4. The molecule has 186 valence electrons. The highest BCUT2D eigenvalue weighted by Crippen LogP contribution is 2.42. The Labute approximate surface area is 227 Å². The van der Waals surface area contributed by atoms with E-state index in [1.807, 2.05) is 24.3 Å². The van der Waals surface area contributed by atoms with Crippen LogP contribution in [0.1, 0.15) is 0 Å². The monoisotopic (exact) mass is 501 g/mol. The zero-order valence-electron chi connectivity index (χ0n) is 21.4. The fourth-order valence-electron chi connectivity index (χ4n) is 5.75. The molecule has 7 rings (SSSR count). The average Bonchev–Trinajstić information content (AvgIpc) is 2.99. The summed E-state index contributed by atoms with van der Waals surface area (Å²) < 4.78 is 0. The van der Waals surface area contributed by atoms with Crippen molar-refractivity contribution in [3.05, 3.63) is 140 Å². The van der Waals surface area contributed by atoms with Gasteiger partial charge in [-0.05, 0) is 81.2 Å². The lowest BCUT2D eigenvalue weighted by Gasteiger charge is -2.25. The number of anilines is 5. The summed E-state index contributed by atoms with van der Waals surface area (Å²) >= 11 is 0. The lowest BCUT2D eigenvalue weighted by molar-refractivity contribution is 1.28. The van der Waals surface area contributed by atoms with Crippen LogP contribution >= 0.6 is 0 Å². The van der Waals surface area contributed by atoms with Crippen molar-refractivity contribution < 1.29 is 0 Å². The summed E-state index contributed by atoms with van der Waals surface area (Å²) in [6, 6.07) is 48.4. The van der Waals surface area contributed by atoms with Gasteiger partial charge in [0, 0.05) is 39.2 Å². The Kier molecular flexibility index (Phi) is 5.42. The molecule has 39 heavy (non-hydrogen) atoms. The first-order chi connectivity index (χ1) is 19.2. The molecular formula is C36H27N3. The highest BCUT2D eigenvalue weighted by molar-refractivity contribution is 6.24. The third kappa shape index (κ3) is 3.84. The van der Waals surface area contributed by atoms with E-state index >= 15 is 0 Å². The molecule has 0 aromatic heterocycles. The lowest BCUT2D eigenvalue weighted by Crippen LogP contribution is -2.09. The maximum atomic E-state index is 6.78. The second kappa shape index (κ2) is 9.23. The molecule has 0 aliphatic heterocycles.